The summed E-state index contributed by atoms with van der Waals surface area (Å²) in [5.41, 5.74) is 0. The first-order valence-electron chi connectivity index (χ1n) is 4.20. The van der Waals surface area contributed by atoms with Crippen molar-refractivity contribution in [3.63, 3.8) is 0 Å². The van der Waals surface area contributed by atoms with Crippen LogP contribution in [0.5, 0.6) is 0 Å². The zero-order valence-electron chi connectivity index (χ0n) is 7.67. The van der Waals surface area contributed by atoms with Crippen molar-refractivity contribution in [2.24, 2.45) is 0 Å². The molecule has 11 heavy (non-hydrogen) atoms. The summed E-state index contributed by atoms with van der Waals surface area (Å²) in [6.45, 7) is 6.65. The first-order chi connectivity index (χ1) is 5.27. The Morgan fingerprint density at radius 1 is 1.27 bits per heavy atom. The summed E-state index contributed by atoms with van der Waals surface area (Å²) >= 11 is 0. The van der Waals surface area contributed by atoms with Gasteiger partial charge in [-0.15, -0.1) is 0 Å². The van der Waals surface area contributed by atoms with E-state index in [0.717, 1.165) is 12.8 Å². The molecule has 0 aliphatic heterocycles. The molecule has 2 nitrogen and oxygen atoms in total. The van der Waals surface area contributed by atoms with Gasteiger partial charge in [0.25, 0.3) is 0 Å². The molecule has 0 N–H and O–H groups in total. The lowest BCUT2D eigenvalue weighted by molar-refractivity contribution is -0.315. The maximum atomic E-state index is 4.89. The summed E-state index contributed by atoms with van der Waals surface area (Å²) in [5.74, 6) is 0. The van der Waals surface area contributed by atoms with E-state index in [2.05, 4.69) is 19.1 Å². The van der Waals surface area contributed by atoms with Crippen molar-refractivity contribution in [1.82, 2.24) is 0 Å². The van der Waals surface area contributed by atoms with Crippen LogP contribution in [-0.4, -0.2) is 12.7 Å². The van der Waals surface area contributed by atoms with Gasteiger partial charge in [0.1, 0.15) is 0 Å². The second-order valence-corrected chi connectivity index (χ2v) is 2.64. The number of hydrogen-bond donors (Lipinski definition) is 0. The molecule has 0 aromatic heterocycles. The maximum Gasteiger partial charge on any atom is 0.0873 e. The summed E-state index contributed by atoms with van der Waals surface area (Å²) in [4.78, 5) is 9.78. The Bertz CT molecular complexity index is 97.7. The molecule has 0 radical (unpaired) electrons. The SMILES string of the molecule is CC/C=C/CCOOC(C)C. The van der Waals surface area contributed by atoms with E-state index in [1.54, 1.807) is 0 Å². The minimum absolute atomic E-state index is 0.158. The number of rotatable bonds is 6. The van der Waals surface area contributed by atoms with Gasteiger partial charge in [0.05, 0.1) is 12.7 Å². The molecule has 0 amide bonds. The lowest BCUT2D eigenvalue weighted by atomic mass is 10.3. The lowest BCUT2D eigenvalue weighted by Crippen LogP contribution is -2.03. The molecule has 0 atom stereocenters. The Balaban J connectivity index is 2.96. The third kappa shape index (κ3) is 9.66. The van der Waals surface area contributed by atoms with Gasteiger partial charge in [0.15, 0.2) is 0 Å². The molecule has 0 spiro atoms. The van der Waals surface area contributed by atoms with Crippen molar-refractivity contribution in [1.29, 1.82) is 0 Å². The van der Waals surface area contributed by atoms with Crippen molar-refractivity contribution in [2.75, 3.05) is 6.61 Å². The molecule has 0 unspecified atom stereocenters. The van der Waals surface area contributed by atoms with Crippen LogP contribution >= 0.6 is 0 Å². The van der Waals surface area contributed by atoms with Crippen LogP contribution in [0.3, 0.4) is 0 Å². The van der Waals surface area contributed by atoms with Crippen LogP contribution in [0.4, 0.5) is 0 Å². The fraction of sp³-hybridized carbons (Fsp3) is 0.778. The highest BCUT2D eigenvalue weighted by molar-refractivity contribution is 4.79. The summed E-state index contributed by atoms with van der Waals surface area (Å²) in [5, 5.41) is 0. The molecule has 0 bridgehead atoms. The maximum absolute atomic E-state index is 4.89. The van der Waals surface area contributed by atoms with Crippen LogP contribution in [-0.2, 0) is 9.78 Å². The largest absolute Gasteiger partial charge is 0.236 e. The van der Waals surface area contributed by atoms with Gasteiger partial charge < -0.3 is 0 Å². The minimum Gasteiger partial charge on any atom is -0.236 e. The number of allylic oxidation sites excluding steroid dienone is 1. The van der Waals surface area contributed by atoms with Crippen molar-refractivity contribution in [3.05, 3.63) is 12.2 Å². The summed E-state index contributed by atoms with van der Waals surface area (Å²) in [6.07, 6.45) is 6.40. The average molecular weight is 158 g/mol. The summed E-state index contributed by atoms with van der Waals surface area (Å²) in [6, 6.07) is 0. The highest BCUT2D eigenvalue weighted by Crippen LogP contribution is 1.92. The molecule has 0 aromatic rings. The monoisotopic (exact) mass is 158 g/mol. The Morgan fingerprint density at radius 3 is 2.55 bits per heavy atom. The number of hydrogen-bond acceptors (Lipinski definition) is 2. The van der Waals surface area contributed by atoms with E-state index in [-0.39, 0.29) is 6.10 Å². The van der Waals surface area contributed by atoms with Gasteiger partial charge in [-0.3, -0.25) is 0 Å². The standard InChI is InChI=1S/C9H18O2/c1-4-5-6-7-8-10-11-9(2)3/h5-6,9H,4,7-8H2,1-3H3/b6-5+. The van der Waals surface area contributed by atoms with Crippen molar-refractivity contribution in [3.8, 4) is 0 Å². The third-order valence-corrected chi connectivity index (χ3v) is 1.03. The predicted octanol–water partition coefficient (Wildman–Crippen LogP) is 2.70. The van der Waals surface area contributed by atoms with E-state index >= 15 is 0 Å². The zero-order valence-corrected chi connectivity index (χ0v) is 7.67. The zero-order chi connectivity index (χ0) is 8.53. The van der Waals surface area contributed by atoms with E-state index in [0.29, 0.717) is 6.61 Å². The van der Waals surface area contributed by atoms with E-state index in [1.807, 2.05) is 13.8 Å². The molecule has 0 aromatic carbocycles. The van der Waals surface area contributed by atoms with Crippen molar-refractivity contribution in [2.45, 2.75) is 39.7 Å². The van der Waals surface area contributed by atoms with Gasteiger partial charge in [0, 0.05) is 0 Å². The van der Waals surface area contributed by atoms with E-state index in [4.69, 9.17) is 9.78 Å². The highest BCUT2D eigenvalue weighted by Gasteiger charge is 1.91. The highest BCUT2D eigenvalue weighted by atomic mass is 17.2. The van der Waals surface area contributed by atoms with Crippen LogP contribution in [0, 0.1) is 0 Å². The van der Waals surface area contributed by atoms with E-state index in [1.165, 1.54) is 0 Å². The molecule has 0 heterocycles. The lowest BCUT2D eigenvalue weighted by Gasteiger charge is -2.04. The van der Waals surface area contributed by atoms with Crippen LogP contribution < -0.4 is 0 Å². The van der Waals surface area contributed by atoms with Crippen LogP contribution in [0.2, 0.25) is 0 Å². The minimum atomic E-state index is 0.158. The smallest absolute Gasteiger partial charge is 0.0873 e. The fourth-order valence-electron chi connectivity index (χ4n) is 0.585. The molecule has 2 heteroatoms. The van der Waals surface area contributed by atoms with E-state index in [9.17, 15) is 0 Å². The van der Waals surface area contributed by atoms with Crippen LogP contribution in [0.25, 0.3) is 0 Å². The van der Waals surface area contributed by atoms with Crippen molar-refractivity contribution >= 4 is 0 Å². The van der Waals surface area contributed by atoms with Crippen LogP contribution in [0.1, 0.15) is 33.6 Å². The first kappa shape index (κ1) is 10.7. The van der Waals surface area contributed by atoms with Gasteiger partial charge in [-0.2, -0.15) is 0 Å². The average Bonchev–Trinajstić information content (AvgIpc) is 1.96. The molecule has 0 fully saturated rings. The molecule has 0 rings (SSSR count). The Kier molecular flexibility index (Phi) is 7.52. The molecular weight excluding hydrogens is 140 g/mol. The molecule has 66 valence electrons. The summed E-state index contributed by atoms with van der Waals surface area (Å²) < 4.78 is 0. The molecule has 0 saturated heterocycles. The Labute approximate surface area is 69.1 Å². The van der Waals surface area contributed by atoms with Gasteiger partial charge >= 0.3 is 0 Å². The molecular formula is C9H18O2. The second-order valence-electron chi connectivity index (χ2n) is 2.64. The normalized spacial score (nSPS) is 11.6. The molecule has 0 saturated carbocycles. The predicted molar refractivity (Wildman–Crippen MR) is 46.2 cm³/mol. The Morgan fingerprint density at radius 2 is 2.00 bits per heavy atom. The third-order valence-electron chi connectivity index (χ3n) is 1.03. The first-order valence-corrected chi connectivity index (χ1v) is 4.20. The van der Waals surface area contributed by atoms with E-state index < -0.39 is 0 Å². The van der Waals surface area contributed by atoms with Crippen molar-refractivity contribution < 1.29 is 9.78 Å². The quantitative estimate of drug-likeness (QED) is 0.256. The van der Waals surface area contributed by atoms with Gasteiger partial charge in [-0.05, 0) is 26.7 Å². The second kappa shape index (κ2) is 7.76. The topological polar surface area (TPSA) is 18.5 Å². The van der Waals surface area contributed by atoms with Gasteiger partial charge in [0.2, 0.25) is 0 Å². The van der Waals surface area contributed by atoms with Gasteiger partial charge in [-0.1, -0.05) is 19.1 Å². The summed E-state index contributed by atoms with van der Waals surface area (Å²) in [7, 11) is 0. The Hall–Kier alpha value is -0.340. The van der Waals surface area contributed by atoms with Gasteiger partial charge in [-0.25, -0.2) is 9.78 Å². The molecule has 0 aliphatic carbocycles. The fourth-order valence-corrected chi connectivity index (χ4v) is 0.585. The van der Waals surface area contributed by atoms with Crippen LogP contribution in [0.15, 0.2) is 12.2 Å². The molecule has 0 aliphatic rings.